The Morgan fingerprint density at radius 1 is 1.09 bits per heavy atom. The molecule has 0 saturated heterocycles. The van der Waals surface area contributed by atoms with Crippen molar-refractivity contribution in [3.05, 3.63) is 90.3 Å². The Labute approximate surface area is 139 Å². The van der Waals surface area contributed by atoms with Gasteiger partial charge in [0.15, 0.2) is 0 Å². The van der Waals surface area contributed by atoms with Crippen LogP contribution in [0.5, 0.6) is 0 Å². The third-order valence-electron chi connectivity index (χ3n) is 2.93. The normalized spacial score (nSPS) is 14.0. The Hall–Kier alpha value is -2.61. The molecular weight excluding hydrogens is 282 g/mol. The first kappa shape index (κ1) is 18.4. The van der Waals surface area contributed by atoms with E-state index in [2.05, 4.69) is 17.6 Å². The van der Waals surface area contributed by atoms with Gasteiger partial charge in [0.05, 0.1) is 0 Å². The second kappa shape index (κ2) is 11.0. The Balaban J connectivity index is 3.04. The molecular formula is C21H25NO. The summed E-state index contributed by atoms with van der Waals surface area (Å²) in [6.07, 6.45) is 24.4. The predicted molar refractivity (Wildman–Crippen MR) is 101 cm³/mol. The summed E-state index contributed by atoms with van der Waals surface area (Å²) in [4.78, 5) is 4.47. The molecule has 0 bridgehead atoms. The molecule has 1 rings (SSSR count). The number of hydrogen-bond acceptors (Lipinski definition) is 2. The van der Waals surface area contributed by atoms with E-state index in [0.29, 0.717) is 5.89 Å². The van der Waals surface area contributed by atoms with Crippen molar-refractivity contribution in [1.29, 1.82) is 0 Å². The molecule has 0 aliphatic rings. The summed E-state index contributed by atoms with van der Waals surface area (Å²) in [6.45, 7) is 9.77. The van der Waals surface area contributed by atoms with Crippen LogP contribution in [0.2, 0.25) is 0 Å². The van der Waals surface area contributed by atoms with E-state index in [1.165, 1.54) is 0 Å². The van der Waals surface area contributed by atoms with Crippen molar-refractivity contribution in [2.24, 2.45) is 0 Å². The summed E-state index contributed by atoms with van der Waals surface area (Å²) in [5.74, 6) is 0.612. The van der Waals surface area contributed by atoms with Gasteiger partial charge in [-0.05, 0) is 50.5 Å². The van der Waals surface area contributed by atoms with Crippen LogP contribution in [0.15, 0.2) is 83.1 Å². The SMILES string of the molecule is C=C/C=C(\C=C/C)C(/C=C\C)=C/c1coc(/C=C/C/C=C\C)n1. The van der Waals surface area contributed by atoms with Crippen LogP contribution in [0.3, 0.4) is 0 Å². The highest BCUT2D eigenvalue weighted by Gasteiger charge is 2.02. The average Bonchev–Trinajstić information content (AvgIpc) is 2.98. The molecule has 1 aromatic rings. The van der Waals surface area contributed by atoms with Crippen LogP contribution in [0.1, 0.15) is 38.8 Å². The van der Waals surface area contributed by atoms with Crippen LogP contribution in [-0.2, 0) is 0 Å². The minimum Gasteiger partial charge on any atom is -0.444 e. The van der Waals surface area contributed by atoms with Gasteiger partial charge in [-0.1, -0.05) is 61.3 Å². The van der Waals surface area contributed by atoms with Crippen molar-refractivity contribution < 1.29 is 4.42 Å². The lowest BCUT2D eigenvalue weighted by Gasteiger charge is -2.02. The molecule has 1 heterocycles. The predicted octanol–water partition coefficient (Wildman–Crippen LogP) is 6.30. The molecule has 0 aliphatic carbocycles. The van der Waals surface area contributed by atoms with E-state index < -0.39 is 0 Å². The van der Waals surface area contributed by atoms with Gasteiger partial charge in [0.2, 0.25) is 5.89 Å². The molecule has 0 N–H and O–H groups in total. The topological polar surface area (TPSA) is 26.0 Å². The van der Waals surface area contributed by atoms with E-state index in [4.69, 9.17) is 4.42 Å². The van der Waals surface area contributed by atoms with E-state index in [0.717, 1.165) is 23.3 Å². The zero-order chi connectivity index (χ0) is 16.9. The molecule has 0 aliphatic heterocycles. The fourth-order valence-corrected chi connectivity index (χ4v) is 1.95. The highest BCUT2D eigenvalue weighted by atomic mass is 16.3. The Morgan fingerprint density at radius 2 is 1.83 bits per heavy atom. The Bertz CT molecular complexity index is 664. The van der Waals surface area contributed by atoms with Crippen molar-refractivity contribution in [1.82, 2.24) is 4.98 Å². The van der Waals surface area contributed by atoms with Gasteiger partial charge in [-0.2, -0.15) is 0 Å². The number of aromatic nitrogens is 1. The van der Waals surface area contributed by atoms with Gasteiger partial charge in [-0.15, -0.1) is 0 Å². The fourth-order valence-electron chi connectivity index (χ4n) is 1.95. The van der Waals surface area contributed by atoms with E-state index in [1.54, 1.807) is 12.3 Å². The lowest BCUT2D eigenvalue weighted by molar-refractivity contribution is 0.546. The quantitative estimate of drug-likeness (QED) is 0.416. The van der Waals surface area contributed by atoms with Crippen LogP contribution >= 0.6 is 0 Å². The lowest BCUT2D eigenvalue weighted by atomic mass is 10.0. The maximum atomic E-state index is 5.48. The highest BCUT2D eigenvalue weighted by Crippen LogP contribution is 2.18. The summed E-state index contributed by atoms with van der Waals surface area (Å²) in [6, 6.07) is 0. The van der Waals surface area contributed by atoms with Crippen LogP contribution in [0.25, 0.3) is 12.2 Å². The minimum absolute atomic E-state index is 0.612. The number of rotatable bonds is 8. The van der Waals surface area contributed by atoms with E-state index in [-0.39, 0.29) is 0 Å². The molecule has 0 unspecified atom stereocenters. The van der Waals surface area contributed by atoms with E-state index in [9.17, 15) is 0 Å². The highest BCUT2D eigenvalue weighted by molar-refractivity contribution is 5.63. The summed E-state index contributed by atoms with van der Waals surface area (Å²) < 4.78 is 5.48. The third kappa shape index (κ3) is 6.79. The molecule has 1 aromatic heterocycles. The zero-order valence-electron chi connectivity index (χ0n) is 14.2. The molecule has 0 radical (unpaired) electrons. The number of allylic oxidation sites excluding steroid dienone is 11. The summed E-state index contributed by atoms with van der Waals surface area (Å²) in [7, 11) is 0. The van der Waals surface area contributed by atoms with Crippen molar-refractivity contribution >= 4 is 12.2 Å². The molecule has 120 valence electrons. The molecule has 0 atom stereocenters. The second-order valence-corrected chi connectivity index (χ2v) is 4.78. The average molecular weight is 307 g/mol. The van der Waals surface area contributed by atoms with Crippen molar-refractivity contribution in [3.8, 4) is 0 Å². The molecule has 2 nitrogen and oxygen atoms in total. The van der Waals surface area contributed by atoms with Crippen molar-refractivity contribution in [3.63, 3.8) is 0 Å². The molecule has 0 fully saturated rings. The van der Waals surface area contributed by atoms with Crippen LogP contribution in [0.4, 0.5) is 0 Å². The Kier molecular flexibility index (Phi) is 8.84. The van der Waals surface area contributed by atoms with Gasteiger partial charge in [0, 0.05) is 0 Å². The number of oxazole rings is 1. The van der Waals surface area contributed by atoms with Gasteiger partial charge >= 0.3 is 0 Å². The van der Waals surface area contributed by atoms with Crippen molar-refractivity contribution in [2.75, 3.05) is 0 Å². The monoisotopic (exact) mass is 307 g/mol. The lowest BCUT2D eigenvalue weighted by Crippen LogP contribution is -1.84. The van der Waals surface area contributed by atoms with Gasteiger partial charge in [0.25, 0.3) is 0 Å². The van der Waals surface area contributed by atoms with Crippen LogP contribution in [-0.4, -0.2) is 4.98 Å². The van der Waals surface area contributed by atoms with Gasteiger partial charge in [0.1, 0.15) is 12.0 Å². The molecule has 23 heavy (non-hydrogen) atoms. The zero-order valence-corrected chi connectivity index (χ0v) is 14.2. The summed E-state index contributed by atoms with van der Waals surface area (Å²) in [5, 5.41) is 0. The first-order valence-electron chi connectivity index (χ1n) is 7.78. The molecule has 0 amide bonds. The third-order valence-corrected chi connectivity index (χ3v) is 2.93. The summed E-state index contributed by atoms with van der Waals surface area (Å²) in [5.41, 5.74) is 2.93. The molecule has 2 heteroatoms. The van der Waals surface area contributed by atoms with Gasteiger partial charge in [-0.3, -0.25) is 0 Å². The van der Waals surface area contributed by atoms with Gasteiger partial charge < -0.3 is 4.42 Å². The van der Waals surface area contributed by atoms with E-state index >= 15 is 0 Å². The smallest absolute Gasteiger partial charge is 0.218 e. The number of nitrogens with zero attached hydrogens (tertiary/aromatic N) is 1. The van der Waals surface area contributed by atoms with Gasteiger partial charge in [-0.25, -0.2) is 4.98 Å². The maximum Gasteiger partial charge on any atom is 0.218 e. The largest absolute Gasteiger partial charge is 0.444 e. The van der Waals surface area contributed by atoms with E-state index in [1.807, 2.05) is 75.5 Å². The number of hydrogen-bond donors (Lipinski definition) is 0. The first-order valence-corrected chi connectivity index (χ1v) is 7.78. The van der Waals surface area contributed by atoms with Crippen LogP contribution in [0, 0.1) is 0 Å². The first-order chi connectivity index (χ1) is 11.2. The minimum atomic E-state index is 0.612. The summed E-state index contributed by atoms with van der Waals surface area (Å²) >= 11 is 0. The Morgan fingerprint density at radius 3 is 2.48 bits per heavy atom. The fraction of sp³-hybridized carbons (Fsp3) is 0.190. The maximum absolute atomic E-state index is 5.48. The second-order valence-electron chi connectivity index (χ2n) is 4.78. The van der Waals surface area contributed by atoms with Crippen LogP contribution < -0.4 is 0 Å². The molecule has 0 aromatic carbocycles. The molecule has 0 saturated carbocycles. The van der Waals surface area contributed by atoms with Crippen molar-refractivity contribution in [2.45, 2.75) is 27.2 Å². The standard InChI is InChI=1S/C21H25NO/c1-5-9-10-11-15-21-22-20(17-23-21)16-19(14-8-4)18(12-6-2)13-7-3/h5-9,11-17H,2,10H2,1,3-4H3/b9-5-,13-7-,14-8-,15-11+,18-12+,19-16+. The molecule has 0 spiro atoms.